The van der Waals surface area contributed by atoms with Crippen molar-refractivity contribution >= 4 is 21.7 Å². The van der Waals surface area contributed by atoms with E-state index < -0.39 is 0 Å². The first-order valence-electron chi connectivity index (χ1n) is 6.67. The Morgan fingerprint density at radius 1 is 1.15 bits per heavy atom. The summed E-state index contributed by atoms with van der Waals surface area (Å²) in [6, 6.07) is 12.1. The average molecular weight is 335 g/mol. The Kier molecular flexibility index (Phi) is 5.01. The number of pyridine rings is 1. The Morgan fingerprint density at radius 2 is 1.85 bits per heavy atom. The quantitative estimate of drug-likeness (QED) is 0.870. The molecule has 2 aromatic rings. The topological polar surface area (TPSA) is 34.2 Å². The molecule has 2 rings (SSSR count). The third-order valence-electron chi connectivity index (χ3n) is 2.79. The van der Waals surface area contributed by atoms with E-state index >= 15 is 0 Å². The van der Waals surface area contributed by atoms with Gasteiger partial charge in [-0.3, -0.25) is 0 Å². The monoisotopic (exact) mass is 334 g/mol. The van der Waals surface area contributed by atoms with Gasteiger partial charge in [-0.05, 0) is 66.5 Å². The zero-order chi connectivity index (χ0) is 14.5. The molecule has 0 aliphatic rings. The molecule has 0 aliphatic carbocycles. The first kappa shape index (κ1) is 14.9. The van der Waals surface area contributed by atoms with Crippen molar-refractivity contribution < 1.29 is 4.74 Å². The summed E-state index contributed by atoms with van der Waals surface area (Å²) in [5.41, 5.74) is 2.18. The van der Waals surface area contributed by atoms with Crippen LogP contribution < -0.4 is 10.1 Å². The van der Waals surface area contributed by atoms with Crippen LogP contribution >= 0.6 is 15.9 Å². The van der Waals surface area contributed by atoms with E-state index in [1.807, 2.05) is 45.0 Å². The van der Waals surface area contributed by atoms with E-state index in [1.165, 1.54) is 5.56 Å². The summed E-state index contributed by atoms with van der Waals surface area (Å²) < 4.78 is 6.65. The fourth-order valence-electron chi connectivity index (χ4n) is 1.79. The highest BCUT2D eigenvalue weighted by atomic mass is 79.9. The standard InChI is InChI=1S/C16H19BrN2O/c1-11(2)20-14-6-4-13(5-7-14)10-18-16-9-8-15(17)12(3)19-16/h4-9,11H,10H2,1-3H3,(H,18,19). The molecule has 0 saturated carbocycles. The van der Waals surface area contributed by atoms with Crippen LogP contribution in [0.5, 0.6) is 5.75 Å². The summed E-state index contributed by atoms with van der Waals surface area (Å²) in [6.45, 7) is 6.78. The molecule has 1 N–H and O–H groups in total. The van der Waals surface area contributed by atoms with E-state index in [2.05, 4.69) is 38.4 Å². The fraction of sp³-hybridized carbons (Fsp3) is 0.312. The largest absolute Gasteiger partial charge is 0.491 e. The van der Waals surface area contributed by atoms with E-state index in [9.17, 15) is 0 Å². The molecule has 0 bridgehead atoms. The maximum Gasteiger partial charge on any atom is 0.126 e. The third-order valence-corrected chi connectivity index (χ3v) is 3.63. The van der Waals surface area contributed by atoms with Gasteiger partial charge in [0.1, 0.15) is 11.6 Å². The number of rotatable bonds is 5. The van der Waals surface area contributed by atoms with Gasteiger partial charge in [-0.2, -0.15) is 0 Å². The van der Waals surface area contributed by atoms with Gasteiger partial charge in [0.2, 0.25) is 0 Å². The fourth-order valence-corrected chi connectivity index (χ4v) is 2.01. The number of halogens is 1. The zero-order valence-electron chi connectivity index (χ0n) is 12.0. The molecule has 0 saturated heterocycles. The SMILES string of the molecule is Cc1nc(NCc2ccc(OC(C)C)cc2)ccc1Br. The molecule has 0 atom stereocenters. The smallest absolute Gasteiger partial charge is 0.126 e. The van der Waals surface area contributed by atoms with Crippen LogP contribution in [0, 0.1) is 6.92 Å². The number of aryl methyl sites for hydroxylation is 1. The Balaban J connectivity index is 1.95. The normalized spacial score (nSPS) is 10.7. The van der Waals surface area contributed by atoms with Gasteiger partial charge >= 0.3 is 0 Å². The van der Waals surface area contributed by atoms with Crippen molar-refractivity contribution in [2.45, 2.75) is 33.4 Å². The second-order valence-electron chi connectivity index (χ2n) is 4.93. The molecule has 0 spiro atoms. The second kappa shape index (κ2) is 6.75. The minimum absolute atomic E-state index is 0.203. The van der Waals surface area contributed by atoms with Crippen molar-refractivity contribution in [1.29, 1.82) is 0 Å². The molecule has 0 radical (unpaired) electrons. The minimum atomic E-state index is 0.203. The van der Waals surface area contributed by atoms with Crippen molar-refractivity contribution in [3.63, 3.8) is 0 Å². The van der Waals surface area contributed by atoms with Crippen molar-refractivity contribution in [2.75, 3.05) is 5.32 Å². The maximum absolute atomic E-state index is 5.62. The molecular weight excluding hydrogens is 316 g/mol. The molecule has 1 heterocycles. The summed E-state index contributed by atoms with van der Waals surface area (Å²) in [4.78, 5) is 4.46. The molecule has 1 aromatic carbocycles. The van der Waals surface area contributed by atoms with Gasteiger partial charge in [0, 0.05) is 11.0 Å². The molecule has 106 valence electrons. The first-order chi connectivity index (χ1) is 9.54. The maximum atomic E-state index is 5.62. The Labute approximate surface area is 128 Å². The highest BCUT2D eigenvalue weighted by molar-refractivity contribution is 9.10. The second-order valence-corrected chi connectivity index (χ2v) is 5.78. The van der Waals surface area contributed by atoms with Crippen LogP contribution in [-0.4, -0.2) is 11.1 Å². The Bertz CT molecular complexity index is 567. The number of hydrogen-bond donors (Lipinski definition) is 1. The number of ether oxygens (including phenoxy) is 1. The molecule has 1 aromatic heterocycles. The number of benzene rings is 1. The summed E-state index contributed by atoms with van der Waals surface area (Å²) in [5.74, 6) is 1.79. The molecule has 0 amide bonds. The highest BCUT2D eigenvalue weighted by Gasteiger charge is 2.01. The molecule has 3 nitrogen and oxygen atoms in total. The van der Waals surface area contributed by atoms with Crippen LogP contribution in [0.3, 0.4) is 0 Å². The summed E-state index contributed by atoms with van der Waals surface area (Å²) in [7, 11) is 0. The van der Waals surface area contributed by atoms with Gasteiger partial charge in [-0.1, -0.05) is 12.1 Å². The van der Waals surface area contributed by atoms with Crippen molar-refractivity contribution in [2.24, 2.45) is 0 Å². The predicted octanol–water partition coefficient (Wildman–Crippen LogP) is 4.55. The van der Waals surface area contributed by atoms with Crippen molar-refractivity contribution in [3.8, 4) is 5.75 Å². The van der Waals surface area contributed by atoms with Crippen LogP contribution in [0.1, 0.15) is 25.1 Å². The van der Waals surface area contributed by atoms with Crippen molar-refractivity contribution in [1.82, 2.24) is 4.98 Å². The molecule has 20 heavy (non-hydrogen) atoms. The number of nitrogens with one attached hydrogen (secondary N) is 1. The number of nitrogens with zero attached hydrogens (tertiary/aromatic N) is 1. The van der Waals surface area contributed by atoms with Crippen LogP contribution in [0.15, 0.2) is 40.9 Å². The van der Waals surface area contributed by atoms with E-state index in [-0.39, 0.29) is 6.10 Å². The summed E-state index contributed by atoms with van der Waals surface area (Å²) in [6.07, 6.45) is 0.203. The summed E-state index contributed by atoms with van der Waals surface area (Å²) in [5, 5.41) is 3.32. The lowest BCUT2D eigenvalue weighted by atomic mass is 10.2. The van der Waals surface area contributed by atoms with E-state index in [0.29, 0.717) is 0 Å². The molecule has 0 fully saturated rings. The van der Waals surface area contributed by atoms with Crippen LogP contribution in [0.4, 0.5) is 5.82 Å². The van der Waals surface area contributed by atoms with Gasteiger partial charge in [-0.25, -0.2) is 4.98 Å². The van der Waals surface area contributed by atoms with Crippen LogP contribution in [0.2, 0.25) is 0 Å². The number of hydrogen-bond acceptors (Lipinski definition) is 3. The molecular formula is C16H19BrN2O. The average Bonchev–Trinajstić information content (AvgIpc) is 2.41. The minimum Gasteiger partial charge on any atom is -0.491 e. The number of anilines is 1. The van der Waals surface area contributed by atoms with Gasteiger partial charge < -0.3 is 10.1 Å². The first-order valence-corrected chi connectivity index (χ1v) is 7.46. The van der Waals surface area contributed by atoms with Crippen LogP contribution in [-0.2, 0) is 6.54 Å². The highest BCUT2D eigenvalue weighted by Crippen LogP contribution is 2.18. The molecule has 0 unspecified atom stereocenters. The lowest BCUT2D eigenvalue weighted by Gasteiger charge is -2.11. The van der Waals surface area contributed by atoms with Crippen LogP contribution in [0.25, 0.3) is 0 Å². The third kappa shape index (κ3) is 4.23. The number of aromatic nitrogens is 1. The lowest BCUT2D eigenvalue weighted by Crippen LogP contribution is -2.06. The Hall–Kier alpha value is -1.55. The van der Waals surface area contributed by atoms with Gasteiger partial charge in [-0.15, -0.1) is 0 Å². The van der Waals surface area contributed by atoms with Crippen molar-refractivity contribution in [3.05, 3.63) is 52.1 Å². The molecule has 0 aliphatic heterocycles. The van der Waals surface area contributed by atoms with E-state index in [1.54, 1.807) is 0 Å². The Morgan fingerprint density at radius 3 is 2.45 bits per heavy atom. The van der Waals surface area contributed by atoms with E-state index in [0.717, 1.165) is 28.3 Å². The predicted molar refractivity (Wildman–Crippen MR) is 86.2 cm³/mol. The molecule has 4 heteroatoms. The van der Waals surface area contributed by atoms with Gasteiger partial charge in [0.15, 0.2) is 0 Å². The van der Waals surface area contributed by atoms with Gasteiger partial charge in [0.25, 0.3) is 0 Å². The zero-order valence-corrected chi connectivity index (χ0v) is 13.6. The summed E-state index contributed by atoms with van der Waals surface area (Å²) >= 11 is 3.45. The van der Waals surface area contributed by atoms with Gasteiger partial charge in [0.05, 0.1) is 11.8 Å². The lowest BCUT2D eigenvalue weighted by molar-refractivity contribution is 0.242. The van der Waals surface area contributed by atoms with E-state index in [4.69, 9.17) is 4.74 Å².